The van der Waals surface area contributed by atoms with Gasteiger partial charge in [-0.1, -0.05) is 33.2 Å². The van der Waals surface area contributed by atoms with Crippen LogP contribution in [0.25, 0.3) is 10.4 Å². The third-order valence-electron chi connectivity index (χ3n) is 1.93. The molecule has 84 valence electrons. The molecule has 6 heteroatoms. The van der Waals surface area contributed by atoms with Gasteiger partial charge in [-0.2, -0.15) is 0 Å². The number of azide groups is 1. The van der Waals surface area contributed by atoms with Crippen LogP contribution in [0.15, 0.2) is 29.4 Å². The molecule has 0 aliphatic heterocycles. The van der Waals surface area contributed by atoms with Crippen LogP contribution in [-0.4, -0.2) is 19.0 Å². The van der Waals surface area contributed by atoms with Crippen LogP contribution in [0.4, 0.5) is 0 Å². The highest BCUT2D eigenvalue weighted by atomic mass is 79.9. The molecule has 1 N–H and O–H groups in total. The number of hydrogen-bond donors (Lipinski definition) is 1. The summed E-state index contributed by atoms with van der Waals surface area (Å²) in [5.41, 5.74) is 9.77. The van der Waals surface area contributed by atoms with E-state index in [2.05, 4.69) is 31.3 Å². The van der Waals surface area contributed by atoms with Crippen molar-refractivity contribution in [3.63, 3.8) is 0 Å². The standard InChI is InChI=1S/C10H11BrN4O/c11-7-8-1-3-9(4-2-8)10(16)13-5-6-14-15-12/h1-4H,5-7H2,(H,13,16). The van der Waals surface area contributed by atoms with E-state index in [-0.39, 0.29) is 12.5 Å². The summed E-state index contributed by atoms with van der Waals surface area (Å²) >= 11 is 3.33. The Morgan fingerprint density at radius 1 is 1.44 bits per heavy atom. The van der Waals surface area contributed by atoms with Crippen molar-refractivity contribution < 1.29 is 4.79 Å². The highest BCUT2D eigenvalue weighted by Crippen LogP contribution is 2.07. The Labute approximate surface area is 102 Å². The number of nitrogens with one attached hydrogen (secondary N) is 1. The second-order valence-electron chi connectivity index (χ2n) is 3.04. The van der Waals surface area contributed by atoms with Crippen molar-refractivity contribution in [1.82, 2.24) is 5.32 Å². The Bertz CT molecular complexity index is 398. The van der Waals surface area contributed by atoms with E-state index in [1.54, 1.807) is 12.1 Å². The molecule has 5 nitrogen and oxygen atoms in total. The summed E-state index contributed by atoms with van der Waals surface area (Å²) < 4.78 is 0. The number of carbonyl (C=O) groups excluding carboxylic acids is 1. The van der Waals surface area contributed by atoms with Gasteiger partial charge in [0.15, 0.2) is 0 Å². The monoisotopic (exact) mass is 282 g/mol. The third-order valence-corrected chi connectivity index (χ3v) is 2.58. The SMILES string of the molecule is [N-]=[N+]=NCCNC(=O)c1ccc(CBr)cc1. The first-order valence-corrected chi connectivity index (χ1v) is 5.84. The van der Waals surface area contributed by atoms with E-state index < -0.39 is 0 Å². The molecule has 0 unspecified atom stereocenters. The summed E-state index contributed by atoms with van der Waals surface area (Å²) in [6, 6.07) is 7.30. The Balaban J connectivity index is 2.49. The van der Waals surface area contributed by atoms with E-state index in [1.807, 2.05) is 12.1 Å². The van der Waals surface area contributed by atoms with E-state index in [0.717, 1.165) is 10.9 Å². The maximum Gasteiger partial charge on any atom is 0.251 e. The van der Waals surface area contributed by atoms with Gasteiger partial charge in [-0.25, -0.2) is 0 Å². The van der Waals surface area contributed by atoms with Crippen LogP contribution in [0.1, 0.15) is 15.9 Å². The van der Waals surface area contributed by atoms with Crippen LogP contribution in [0.2, 0.25) is 0 Å². The van der Waals surface area contributed by atoms with Gasteiger partial charge >= 0.3 is 0 Å². The highest BCUT2D eigenvalue weighted by molar-refractivity contribution is 9.08. The van der Waals surface area contributed by atoms with Crippen molar-refractivity contribution in [3.05, 3.63) is 45.8 Å². The van der Waals surface area contributed by atoms with E-state index in [4.69, 9.17) is 5.53 Å². The van der Waals surface area contributed by atoms with E-state index >= 15 is 0 Å². The van der Waals surface area contributed by atoms with E-state index in [1.165, 1.54) is 0 Å². The number of amides is 1. The number of alkyl halides is 1. The van der Waals surface area contributed by atoms with Gasteiger partial charge < -0.3 is 5.32 Å². The first-order valence-electron chi connectivity index (χ1n) is 4.72. The molecule has 0 bridgehead atoms. The summed E-state index contributed by atoms with van der Waals surface area (Å²) in [5, 5.41) is 6.75. The normalized spacial score (nSPS) is 9.31. The molecule has 0 radical (unpaired) electrons. The maximum atomic E-state index is 11.5. The van der Waals surface area contributed by atoms with Gasteiger partial charge in [-0.15, -0.1) is 0 Å². The molecule has 1 aromatic rings. The smallest absolute Gasteiger partial charge is 0.251 e. The summed E-state index contributed by atoms with van der Waals surface area (Å²) in [7, 11) is 0. The fourth-order valence-electron chi connectivity index (χ4n) is 1.11. The molecule has 0 aromatic heterocycles. The lowest BCUT2D eigenvalue weighted by atomic mass is 10.1. The molecule has 0 saturated carbocycles. The molecule has 0 aliphatic carbocycles. The Morgan fingerprint density at radius 3 is 2.69 bits per heavy atom. The van der Waals surface area contributed by atoms with Gasteiger partial charge in [0.2, 0.25) is 0 Å². The number of rotatable bonds is 5. The van der Waals surface area contributed by atoms with Crippen molar-refractivity contribution in [2.45, 2.75) is 5.33 Å². The van der Waals surface area contributed by atoms with Crippen LogP contribution >= 0.6 is 15.9 Å². The number of carbonyl (C=O) groups is 1. The molecular formula is C10H11BrN4O. The van der Waals surface area contributed by atoms with Crippen LogP contribution in [-0.2, 0) is 5.33 Å². The molecule has 0 fully saturated rings. The molecule has 1 rings (SSSR count). The molecular weight excluding hydrogens is 272 g/mol. The second kappa shape index (κ2) is 6.87. The zero-order valence-electron chi connectivity index (χ0n) is 8.56. The molecule has 0 saturated heterocycles. The summed E-state index contributed by atoms with van der Waals surface area (Å²) in [5.74, 6) is -0.158. The average Bonchev–Trinajstić information content (AvgIpc) is 2.34. The van der Waals surface area contributed by atoms with Crippen LogP contribution in [0.3, 0.4) is 0 Å². The topological polar surface area (TPSA) is 77.9 Å². The number of nitrogens with zero attached hydrogens (tertiary/aromatic N) is 3. The van der Waals surface area contributed by atoms with Crippen molar-refractivity contribution in [1.29, 1.82) is 0 Å². The fraction of sp³-hybridized carbons (Fsp3) is 0.300. The lowest BCUT2D eigenvalue weighted by molar-refractivity contribution is 0.0955. The van der Waals surface area contributed by atoms with E-state index in [0.29, 0.717) is 12.1 Å². The maximum absolute atomic E-state index is 11.5. The van der Waals surface area contributed by atoms with Gasteiger partial charge in [-0.05, 0) is 23.2 Å². The largest absolute Gasteiger partial charge is 0.352 e. The first kappa shape index (κ1) is 12.5. The minimum Gasteiger partial charge on any atom is -0.352 e. The summed E-state index contributed by atoms with van der Waals surface area (Å²) in [4.78, 5) is 14.1. The van der Waals surface area contributed by atoms with Crippen molar-refractivity contribution in [3.8, 4) is 0 Å². The Kier molecular flexibility index (Phi) is 5.39. The first-order chi connectivity index (χ1) is 7.77. The molecule has 0 spiro atoms. The van der Waals surface area contributed by atoms with Gasteiger partial charge in [-0.3, -0.25) is 4.79 Å². The van der Waals surface area contributed by atoms with Crippen molar-refractivity contribution in [2.75, 3.05) is 13.1 Å². The lowest BCUT2D eigenvalue weighted by Crippen LogP contribution is -2.25. The molecule has 0 aliphatic rings. The van der Waals surface area contributed by atoms with Crippen molar-refractivity contribution >= 4 is 21.8 Å². The van der Waals surface area contributed by atoms with E-state index in [9.17, 15) is 4.79 Å². The minimum absolute atomic E-state index is 0.158. The molecule has 0 heterocycles. The van der Waals surface area contributed by atoms with Crippen LogP contribution in [0.5, 0.6) is 0 Å². The molecule has 0 atom stereocenters. The van der Waals surface area contributed by atoms with Gasteiger partial charge in [0, 0.05) is 28.9 Å². The number of halogens is 1. The van der Waals surface area contributed by atoms with Crippen LogP contribution < -0.4 is 5.32 Å². The molecule has 1 amide bonds. The third kappa shape index (κ3) is 3.92. The van der Waals surface area contributed by atoms with Gasteiger partial charge in [0.05, 0.1) is 0 Å². The summed E-state index contributed by atoms with van der Waals surface area (Å²) in [6.45, 7) is 0.616. The van der Waals surface area contributed by atoms with Crippen LogP contribution in [0, 0.1) is 0 Å². The van der Waals surface area contributed by atoms with Gasteiger partial charge in [0.25, 0.3) is 5.91 Å². The summed E-state index contributed by atoms with van der Waals surface area (Å²) in [6.07, 6.45) is 0. The predicted molar refractivity (Wildman–Crippen MR) is 65.4 cm³/mol. The Morgan fingerprint density at radius 2 is 2.12 bits per heavy atom. The number of hydrogen-bond acceptors (Lipinski definition) is 2. The predicted octanol–water partition coefficient (Wildman–Crippen LogP) is 2.62. The zero-order chi connectivity index (χ0) is 11.8. The Hall–Kier alpha value is -1.52. The average molecular weight is 283 g/mol. The zero-order valence-corrected chi connectivity index (χ0v) is 10.1. The number of benzene rings is 1. The molecule has 16 heavy (non-hydrogen) atoms. The quantitative estimate of drug-likeness (QED) is 0.291. The second-order valence-corrected chi connectivity index (χ2v) is 3.60. The minimum atomic E-state index is -0.158. The highest BCUT2D eigenvalue weighted by Gasteiger charge is 2.03. The lowest BCUT2D eigenvalue weighted by Gasteiger charge is -2.03. The fourth-order valence-corrected chi connectivity index (χ4v) is 1.49. The van der Waals surface area contributed by atoms with Crippen molar-refractivity contribution in [2.24, 2.45) is 5.11 Å². The molecule has 1 aromatic carbocycles. The van der Waals surface area contributed by atoms with Gasteiger partial charge in [0.1, 0.15) is 0 Å².